The fourth-order valence-electron chi connectivity index (χ4n) is 3.70. The third-order valence-electron chi connectivity index (χ3n) is 5.22. The van der Waals surface area contributed by atoms with Crippen LogP contribution in [0.4, 0.5) is 5.69 Å². The number of nitriles is 1. The van der Waals surface area contributed by atoms with E-state index in [9.17, 15) is 19.6 Å². The Kier molecular flexibility index (Phi) is 7.38. The predicted molar refractivity (Wildman–Crippen MR) is 125 cm³/mol. The molecular weight excluding hydrogens is 506 g/mol. The number of allylic oxidation sites excluding steroid dienone is 1. The standard InChI is InChI=1S/C24H20BrN3O6/c1-32-22(29)14-9-10-17(16(25)11-14)28-20(24(31)34-3)19(23(30)33-2)18(15(12-26)21(28)27)13-7-5-4-6-8-13/h4-11,18H,27H2,1-3H3. The van der Waals surface area contributed by atoms with Crippen LogP contribution >= 0.6 is 15.9 Å². The van der Waals surface area contributed by atoms with Crippen LogP contribution < -0.4 is 10.6 Å². The Morgan fingerprint density at radius 3 is 2.12 bits per heavy atom. The number of halogens is 1. The van der Waals surface area contributed by atoms with Crippen molar-refractivity contribution < 1.29 is 28.6 Å². The number of hydrogen-bond donors (Lipinski definition) is 1. The highest BCUT2D eigenvalue weighted by Crippen LogP contribution is 2.44. The Bertz CT molecular complexity index is 1260. The molecule has 3 rings (SSSR count). The van der Waals surface area contributed by atoms with Crippen molar-refractivity contribution in [2.24, 2.45) is 5.73 Å². The van der Waals surface area contributed by atoms with Crippen LogP contribution in [0, 0.1) is 11.3 Å². The summed E-state index contributed by atoms with van der Waals surface area (Å²) in [6, 6.07) is 15.2. The van der Waals surface area contributed by atoms with Crippen molar-refractivity contribution in [3.63, 3.8) is 0 Å². The lowest BCUT2D eigenvalue weighted by Crippen LogP contribution is -2.41. The number of nitrogens with zero attached hydrogens (tertiary/aromatic N) is 2. The molecule has 1 atom stereocenters. The van der Waals surface area contributed by atoms with E-state index in [-0.39, 0.29) is 33.9 Å². The second kappa shape index (κ2) is 10.2. The molecule has 174 valence electrons. The average Bonchev–Trinajstić information content (AvgIpc) is 2.87. The van der Waals surface area contributed by atoms with E-state index in [1.165, 1.54) is 37.3 Å². The Morgan fingerprint density at radius 2 is 1.59 bits per heavy atom. The highest BCUT2D eigenvalue weighted by molar-refractivity contribution is 9.10. The van der Waals surface area contributed by atoms with Gasteiger partial charge in [0.25, 0.3) is 0 Å². The van der Waals surface area contributed by atoms with Gasteiger partial charge in [0.15, 0.2) is 0 Å². The first-order valence-corrected chi connectivity index (χ1v) is 10.6. The Balaban J connectivity index is 2.39. The zero-order chi connectivity index (χ0) is 25.0. The van der Waals surface area contributed by atoms with Crippen molar-refractivity contribution in [1.82, 2.24) is 0 Å². The van der Waals surface area contributed by atoms with Crippen molar-refractivity contribution in [1.29, 1.82) is 5.26 Å². The number of esters is 3. The van der Waals surface area contributed by atoms with Crippen LogP contribution in [-0.2, 0) is 23.8 Å². The summed E-state index contributed by atoms with van der Waals surface area (Å²) >= 11 is 3.38. The fourth-order valence-corrected chi connectivity index (χ4v) is 4.25. The van der Waals surface area contributed by atoms with Gasteiger partial charge < -0.3 is 19.9 Å². The lowest BCUT2D eigenvalue weighted by atomic mass is 9.81. The summed E-state index contributed by atoms with van der Waals surface area (Å²) in [6.07, 6.45) is 0. The Morgan fingerprint density at radius 1 is 0.971 bits per heavy atom. The Hall–Kier alpha value is -4.10. The van der Waals surface area contributed by atoms with Crippen molar-refractivity contribution in [3.05, 3.63) is 86.8 Å². The SMILES string of the molecule is COC(=O)C1=C(C(=O)OC)N(c2ccc(C(=O)OC)cc2Br)C(N)=C(C#N)C1c1ccccc1. The first kappa shape index (κ1) is 24.5. The second-order valence-electron chi connectivity index (χ2n) is 6.99. The van der Waals surface area contributed by atoms with Gasteiger partial charge in [0.05, 0.1) is 55.7 Å². The van der Waals surface area contributed by atoms with E-state index >= 15 is 0 Å². The van der Waals surface area contributed by atoms with E-state index in [1.807, 2.05) is 0 Å². The van der Waals surface area contributed by atoms with Crippen molar-refractivity contribution in [3.8, 4) is 6.07 Å². The normalized spacial score (nSPS) is 15.5. The van der Waals surface area contributed by atoms with E-state index in [4.69, 9.17) is 19.9 Å². The number of ether oxygens (including phenoxy) is 3. The molecule has 0 spiro atoms. The summed E-state index contributed by atoms with van der Waals surface area (Å²) in [4.78, 5) is 39.3. The summed E-state index contributed by atoms with van der Waals surface area (Å²) in [7, 11) is 3.58. The van der Waals surface area contributed by atoms with Gasteiger partial charge in [0.1, 0.15) is 11.5 Å². The highest BCUT2D eigenvalue weighted by atomic mass is 79.9. The van der Waals surface area contributed by atoms with Gasteiger partial charge in [-0.25, -0.2) is 14.4 Å². The van der Waals surface area contributed by atoms with E-state index in [1.54, 1.807) is 30.3 Å². The van der Waals surface area contributed by atoms with Crippen molar-refractivity contribution in [2.45, 2.75) is 5.92 Å². The van der Waals surface area contributed by atoms with Gasteiger partial charge in [-0.2, -0.15) is 5.26 Å². The summed E-state index contributed by atoms with van der Waals surface area (Å²) < 4.78 is 15.1. The first-order valence-electron chi connectivity index (χ1n) is 9.84. The fraction of sp³-hybridized carbons (Fsp3) is 0.167. The number of anilines is 1. The topological polar surface area (TPSA) is 132 Å². The predicted octanol–water partition coefficient (Wildman–Crippen LogP) is 3.13. The zero-order valence-corrected chi connectivity index (χ0v) is 20.1. The van der Waals surface area contributed by atoms with E-state index in [0.29, 0.717) is 10.0 Å². The van der Waals surface area contributed by atoms with E-state index < -0.39 is 23.8 Å². The van der Waals surface area contributed by atoms with E-state index in [0.717, 1.165) is 7.11 Å². The average molecular weight is 526 g/mol. The van der Waals surface area contributed by atoms with Crippen LogP contribution in [0.5, 0.6) is 0 Å². The molecule has 0 aromatic heterocycles. The molecule has 2 aromatic carbocycles. The molecule has 0 fully saturated rings. The molecule has 1 heterocycles. The Labute approximate surface area is 204 Å². The molecule has 0 aliphatic carbocycles. The minimum Gasteiger partial charge on any atom is -0.466 e. The van der Waals surface area contributed by atoms with Crippen LogP contribution in [0.1, 0.15) is 21.8 Å². The molecule has 1 unspecified atom stereocenters. The van der Waals surface area contributed by atoms with Crippen LogP contribution in [0.2, 0.25) is 0 Å². The number of carbonyl (C=O) groups excluding carboxylic acids is 3. The first-order chi connectivity index (χ1) is 16.3. The van der Waals surface area contributed by atoms with Gasteiger partial charge in [0, 0.05) is 4.47 Å². The third-order valence-corrected chi connectivity index (χ3v) is 5.86. The number of nitrogens with two attached hydrogens (primary N) is 1. The van der Waals surface area contributed by atoms with Gasteiger partial charge in [-0.15, -0.1) is 0 Å². The largest absolute Gasteiger partial charge is 0.466 e. The number of methoxy groups -OCH3 is 3. The molecular formula is C24H20BrN3O6. The monoisotopic (exact) mass is 525 g/mol. The molecule has 9 nitrogen and oxygen atoms in total. The molecule has 2 N–H and O–H groups in total. The maximum atomic E-state index is 13.1. The van der Waals surface area contributed by atoms with Gasteiger partial charge in [-0.3, -0.25) is 4.90 Å². The molecule has 0 radical (unpaired) electrons. The smallest absolute Gasteiger partial charge is 0.355 e. The summed E-state index contributed by atoms with van der Waals surface area (Å²) in [5.74, 6) is -3.34. The highest BCUT2D eigenvalue weighted by Gasteiger charge is 2.43. The van der Waals surface area contributed by atoms with Crippen molar-refractivity contribution in [2.75, 3.05) is 26.2 Å². The lowest BCUT2D eigenvalue weighted by molar-refractivity contribution is -0.139. The molecule has 0 amide bonds. The summed E-state index contributed by atoms with van der Waals surface area (Å²) in [5, 5.41) is 10.1. The van der Waals surface area contributed by atoms with Crippen LogP contribution in [0.3, 0.4) is 0 Å². The molecule has 2 aromatic rings. The second-order valence-corrected chi connectivity index (χ2v) is 7.85. The quantitative estimate of drug-likeness (QED) is 0.461. The number of carbonyl (C=O) groups is 3. The van der Waals surface area contributed by atoms with Crippen LogP contribution in [-0.4, -0.2) is 39.2 Å². The zero-order valence-electron chi connectivity index (χ0n) is 18.5. The molecule has 0 bridgehead atoms. The minimum absolute atomic E-state index is 0.0307. The minimum atomic E-state index is -0.975. The summed E-state index contributed by atoms with van der Waals surface area (Å²) in [5.41, 5.74) is 7.22. The molecule has 0 saturated carbocycles. The maximum Gasteiger partial charge on any atom is 0.355 e. The van der Waals surface area contributed by atoms with Gasteiger partial charge >= 0.3 is 17.9 Å². The molecule has 10 heteroatoms. The number of hydrogen-bond acceptors (Lipinski definition) is 9. The van der Waals surface area contributed by atoms with Crippen LogP contribution in [0.15, 0.2) is 75.7 Å². The molecule has 1 aliphatic heterocycles. The van der Waals surface area contributed by atoms with E-state index in [2.05, 4.69) is 22.0 Å². The molecule has 34 heavy (non-hydrogen) atoms. The molecule has 1 aliphatic rings. The lowest BCUT2D eigenvalue weighted by Gasteiger charge is -2.36. The number of benzene rings is 2. The maximum absolute atomic E-state index is 13.1. The third kappa shape index (κ3) is 4.25. The number of rotatable bonds is 5. The van der Waals surface area contributed by atoms with Gasteiger partial charge in [-0.1, -0.05) is 30.3 Å². The van der Waals surface area contributed by atoms with Gasteiger partial charge in [-0.05, 0) is 39.7 Å². The summed E-state index contributed by atoms with van der Waals surface area (Å²) in [6.45, 7) is 0. The molecule has 0 saturated heterocycles. The van der Waals surface area contributed by atoms with Crippen molar-refractivity contribution >= 4 is 39.5 Å². The van der Waals surface area contributed by atoms with Gasteiger partial charge in [0.2, 0.25) is 0 Å². The van der Waals surface area contributed by atoms with Crippen LogP contribution in [0.25, 0.3) is 0 Å².